The maximum absolute atomic E-state index is 13.3. The van der Waals surface area contributed by atoms with Gasteiger partial charge in [-0.05, 0) is 36.4 Å². The summed E-state index contributed by atoms with van der Waals surface area (Å²) >= 11 is 0. The van der Waals surface area contributed by atoms with E-state index in [9.17, 15) is 22.7 Å². The minimum Gasteiger partial charge on any atom is -0.507 e. The minimum absolute atomic E-state index is 0.00505. The quantitative estimate of drug-likeness (QED) is 0.584. The van der Waals surface area contributed by atoms with Crippen LogP contribution in [-0.4, -0.2) is 36.8 Å². The second kappa shape index (κ2) is 8.85. The van der Waals surface area contributed by atoms with Crippen LogP contribution in [0.15, 0.2) is 53.9 Å². The molecule has 0 spiro atoms. The molecule has 0 aliphatic carbocycles. The molecular formula is C19H22FN3O4S. The Labute approximate surface area is 163 Å². The van der Waals surface area contributed by atoms with Gasteiger partial charge in [0, 0.05) is 24.2 Å². The third kappa shape index (κ3) is 4.68. The lowest BCUT2D eigenvalue weighted by molar-refractivity contribution is 0.0942. The summed E-state index contributed by atoms with van der Waals surface area (Å²) in [5.74, 6) is -1.40. The molecule has 0 unspecified atom stereocenters. The molecule has 0 radical (unpaired) electrons. The molecule has 2 rings (SSSR count). The molecule has 2 aromatic carbocycles. The van der Waals surface area contributed by atoms with Gasteiger partial charge in [-0.2, -0.15) is 4.31 Å². The van der Waals surface area contributed by atoms with Gasteiger partial charge in [-0.3, -0.25) is 15.6 Å². The number of amides is 1. The van der Waals surface area contributed by atoms with Crippen molar-refractivity contribution in [2.24, 2.45) is 0 Å². The van der Waals surface area contributed by atoms with E-state index in [0.29, 0.717) is 13.1 Å². The van der Waals surface area contributed by atoms with Crippen LogP contribution in [0.4, 0.5) is 4.39 Å². The zero-order valence-corrected chi connectivity index (χ0v) is 16.4. The minimum atomic E-state index is -3.70. The Morgan fingerprint density at radius 3 is 2.46 bits per heavy atom. The molecule has 0 fully saturated rings. The van der Waals surface area contributed by atoms with Gasteiger partial charge >= 0.3 is 0 Å². The fraction of sp³-hybridized carbons (Fsp3) is 0.211. The Balaban J connectivity index is 2.15. The Hall–Kier alpha value is -2.91. The van der Waals surface area contributed by atoms with Gasteiger partial charge in [0.15, 0.2) is 0 Å². The van der Waals surface area contributed by atoms with Crippen molar-refractivity contribution in [3.8, 4) is 5.75 Å². The maximum atomic E-state index is 13.3. The van der Waals surface area contributed by atoms with E-state index < -0.39 is 21.7 Å². The molecular weight excluding hydrogens is 385 g/mol. The topological polar surface area (TPSA) is 98.7 Å². The monoisotopic (exact) mass is 407 g/mol. The lowest BCUT2D eigenvalue weighted by Gasteiger charge is -2.19. The molecule has 0 saturated carbocycles. The lowest BCUT2D eigenvalue weighted by Crippen LogP contribution is -2.36. The zero-order valence-electron chi connectivity index (χ0n) is 15.6. The highest BCUT2D eigenvalue weighted by atomic mass is 32.2. The van der Waals surface area contributed by atoms with Crippen molar-refractivity contribution in [2.45, 2.75) is 18.7 Å². The highest BCUT2D eigenvalue weighted by Crippen LogP contribution is 2.23. The number of halogens is 1. The summed E-state index contributed by atoms with van der Waals surface area (Å²) in [6, 6.07) is 8.94. The average Bonchev–Trinajstić information content (AvgIpc) is 2.68. The van der Waals surface area contributed by atoms with E-state index in [1.165, 1.54) is 34.6 Å². The number of hydrogen-bond donors (Lipinski definition) is 3. The van der Waals surface area contributed by atoms with Gasteiger partial charge < -0.3 is 5.11 Å². The molecule has 0 atom stereocenters. The number of phenolic OH excluding ortho intramolecular Hbond substituents is 1. The van der Waals surface area contributed by atoms with Crippen LogP contribution in [0, 0.1) is 5.82 Å². The predicted molar refractivity (Wildman–Crippen MR) is 104 cm³/mol. The smallest absolute Gasteiger partial charge is 0.269 e. The first-order chi connectivity index (χ1) is 13.2. The molecule has 3 N–H and O–H groups in total. The van der Waals surface area contributed by atoms with Gasteiger partial charge in [0.2, 0.25) is 10.0 Å². The number of carbonyl (C=O) groups excluding carboxylic acids is 1. The van der Waals surface area contributed by atoms with E-state index in [1.54, 1.807) is 13.8 Å². The van der Waals surface area contributed by atoms with Crippen LogP contribution in [0.1, 0.15) is 29.8 Å². The molecule has 1 amide bonds. The van der Waals surface area contributed by atoms with Crippen LogP contribution < -0.4 is 10.9 Å². The van der Waals surface area contributed by atoms with Crippen molar-refractivity contribution in [3.63, 3.8) is 0 Å². The summed E-state index contributed by atoms with van der Waals surface area (Å²) in [7, 11) is -3.70. The third-order valence-corrected chi connectivity index (χ3v) is 6.10. The largest absolute Gasteiger partial charge is 0.507 e. The Bertz CT molecular complexity index is 988. The first-order valence-corrected chi connectivity index (χ1v) is 9.99. The number of nitrogens with zero attached hydrogens (tertiary/aromatic N) is 1. The Morgan fingerprint density at radius 1 is 1.14 bits per heavy atom. The van der Waals surface area contributed by atoms with E-state index in [0.717, 1.165) is 12.1 Å². The number of hydrogen-bond acceptors (Lipinski definition) is 5. The molecule has 28 heavy (non-hydrogen) atoms. The Morgan fingerprint density at radius 2 is 1.82 bits per heavy atom. The molecule has 2 aromatic rings. The van der Waals surface area contributed by atoms with Crippen LogP contribution in [-0.2, 0) is 10.0 Å². The molecule has 0 aliphatic heterocycles. The van der Waals surface area contributed by atoms with Crippen molar-refractivity contribution in [1.29, 1.82) is 0 Å². The second-order valence-electron chi connectivity index (χ2n) is 5.84. The van der Waals surface area contributed by atoms with Crippen LogP contribution >= 0.6 is 0 Å². The van der Waals surface area contributed by atoms with Gasteiger partial charge in [-0.1, -0.05) is 26.5 Å². The summed E-state index contributed by atoms with van der Waals surface area (Å²) in [5, 5.41) is 9.76. The second-order valence-corrected chi connectivity index (χ2v) is 7.77. The number of sulfonamides is 1. The van der Waals surface area contributed by atoms with E-state index >= 15 is 0 Å². The highest BCUT2D eigenvalue weighted by molar-refractivity contribution is 7.89. The SMILES string of the molecule is C=C(NNC(=O)c1cccc(S(=O)(=O)N(CC)CC)c1)c1cc(F)ccc1O. The number of phenols is 1. The van der Waals surface area contributed by atoms with Crippen LogP contribution in [0.3, 0.4) is 0 Å². The molecule has 7 nitrogen and oxygen atoms in total. The van der Waals surface area contributed by atoms with Crippen LogP contribution in [0.25, 0.3) is 5.70 Å². The van der Waals surface area contributed by atoms with Gasteiger partial charge in [0.1, 0.15) is 11.6 Å². The van der Waals surface area contributed by atoms with E-state index in [1.807, 2.05) is 0 Å². The standard InChI is InChI=1S/C19H22FN3O4S/c1-4-23(5-2)28(26,27)16-8-6-7-14(11-16)19(25)22-21-13(3)17-12-15(20)9-10-18(17)24/h6-12,21,24H,3-5H2,1-2H3,(H,22,25). The molecule has 9 heteroatoms. The fourth-order valence-corrected chi connectivity index (χ4v) is 4.04. The van der Waals surface area contributed by atoms with Gasteiger partial charge in [0.05, 0.1) is 10.6 Å². The highest BCUT2D eigenvalue weighted by Gasteiger charge is 2.22. The number of nitrogens with one attached hydrogen (secondary N) is 2. The van der Waals surface area contributed by atoms with Crippen LogP contribution in [0.5, 0.6) is 5.75 Å². The number of hydrazine groups is 1. The van der Waals surface area contributed by atoms with Crippen molar-refractivity contribution >= 4 is 21.6 Å². The number of rotatable bonds is 8. The molecule has 150 valence electrons. The average molecular weight is 407 g/mol. The van der Waals surface area contributed by atoms with Gasteiger partial charge in [-0.15, -0.1) is 0 Å². The van der Waals surface area contributed by atoms with Crippen molar-refractivity contribution in [1.82, 2.24) is 15.2 Å². The zero-order chi connectivity index (χ0) is 20.9. The maximum Gasteiger partial charge on any atom is 0.269 e. The van der Waals surface area contributed by atoms with Gasteiger partial charge in [0.25, 0.3) is 5.91 Å². The number of benzene rings is 2. The molecule has 0 aliphatic rings. The third-order valence-electron chi connectivity index (χ3n) is 4.05. The first-order valence-electron chi connectivity index (χ1n) is 8.55. The molecule has 0 bridgehead atoms. The summed E-state index contributed by atoms with van der Waals surface area (Å²) in [4.78, 5) is 12.4. The van der Waals surface area contributed by atoms with E-state index in [4.69, 9.17) is 0 Å². The molecule has 0 heterocycles. The van der Waals surface area contributed by atoms with Crippen molar-refractivity contribution in [2.75, 3.05) is 13.1 Å². The fourth-order valence-electron chi connectivity index (χ4n) is 2.53. The van der Waals surface area contributed by atoms with E-state index in [2.05, 4.69) is 17.4 Å². The Kier molecular flexibility index (Phi) is 6.76. The first kappa shape index (κ1) is 21.4. The van der Waals surface area contributed by atoms with Gasteiger partial charge in [-0.25, -0.2) is 12.8 Å². The van der Waals surface area contributed by atoms with Crippen molar-refractivity contribution in [3.05, 3.63) is 66.0 Å². The van der Waals surface area contributed by atoms with Crippen molar-refractivity contribution < 1.29 is 22.7 Å². The lowest BCUT2D eigenvalue weighted by atomic mass is 10.1. The van der Waals surface area contributed by atoms with Crippen LogP contribution in [0.2, 0.25) is 0 Å². The van der Waals surface area contributed by atoms with E-state index in [-0.39, 0.29) is 27.5 Å². The predicted octanol–water partition coefficient (Wildman–Crippen LogP) is 2.47. The number of carbonyl (C=O) groups is 1. The normalized spacial score (nSPS) is 11.3. The molecule has 0 aromatic heterocycles. The number of aromatic hydroxyl groups is 1. The molecule has 0 saturated heterocycles. The summed E-state index contributed by atoms with van der Waals surface area (Å²) in [5.41, 5.74) is 5.09. The summed E-state index contributed by atoms with van der Waals surface area (Å²) < 4.78 is 39.8. The summed E-state index contributed by atoms with van der Waals surface area (Å²) in [6.07, 6.45) is 0. The summed E-state index contributed by atoms with van der Waals surface area (Å²) in [6.45, 7) is 7.73.